The summed E-state index contributed by atoms with van der Waals surface area (Å²) in [6.07, 6.45) is 1.64. The largest absolute Gasteiger partial charge is 0.422 e. The molecule has 0 fully saturated rings. The third-order valence-electron chi connectivity index (χ3n) is 5.61. The highest BCUT2D eigenvalue weighted by Gasteiger charge is 2.16. The molecular formula is C29H19ClF2N2O2. The van der Waals surface area contributed by atoms with Crippen LogP contribution in [0.4, 0.5) is 8.78 Å². The molecule has 5 aromatic rings. The van der Waals surface area contributed by atoms with E-state index in [0.29, 0.717) is 23.0 Å². The first-order chi connectivity index (χ1) is 17.5. The fourth-order valence-electron chi connectivity index (χ4n) is 3.79. The summed E-state index contributed by atoms with van der Waals surface area (Å²) >= 11 is 6.05. The molecule has 1 heterocycles. The quantitative estimate of drug-likeness (QED) is 0.180. The third kappa shape index (κ3) is 5.19. The Morgan fingerprint density at radius 1 is 0.833 bits per heavy atom. The van der Waals surface area contributed by atoms with Gasteiger partial charge in [0.2, 0.25) is 0 Å². The molecule has 0 N–H and O–H groups in total. The zero-order valence-corrected chi connectivity index (χ0v) is 19.6. The van der Waals surface area contributed by atoms with E-state index >= 15 is 0 Å². The van der Waals surface area contributed by atoms with Crippen molar-refractivity contribution in [2.45, 2.75) is 6.54 Å². The minimum atomic E-state index is -0.675. The Kier molecular flexibility index (Phi) is 6.60. The number of nitrogens with zero attached hydrogens (tertiary/aromatic N) is 2. The van der Waals surface area contributed by atoms with Gasteiger partial charge in [0.1, 0.15) is 23.2 Å². The number of para-hydroxylation sites is 2. The van der Waals surface area contributed by atoms with Gasteiger partial charge >= 0.3 is 5.97 Å². The summed E-state index contributed by atoms with van der Waals surface area (Å²) in [5.74, 6) is -0.838. The predicted octanol–water partition coefficient (Wildman–Crippen LogP) is 7.37. The molecule has 0 unspecified atom stereocenters. The first-order valence-electron chi connectivity index (χ1n) is 11.1. The molecule has 7 heteroatoms. The molecule has 0 aliphatic rings. The van der Waals surface area contributed by atoms with Crippen LogP contribution in [0.2, 0.25) is 5.02 Å². The van der Waals surface area contributed by atoms with Crippen LogP contribution in [0.15, 0.2) is 97.1 Å². The average molecular weight is 501 g/mol. The van der Waals surface area contributed by atoms with E-state index in [0.717, 1.165) is 16.6 Å². The summed E-state index contributed by atoms with van der Waals surface area (Å²) in [7, 11) is 0. The topological polar surface area (TPSA) is 44.1 Å². The molecular weight excluding hydrogens is 482 g/mol. The standard InChI is InChI=1S/C29H19ClF2N2O2/c30-22-11-5-19(6-12-22)18-34-26-4-2-1-3-25(26)33-28(34)17-27(20-7-13-23(31)14-8-20)36-29(35)21-9-15-24(32)16-10-21/h1-17H,18H2/b27-17+. The maximum atomic E-state index is 13.6. The predicted molar refractivity (Wildman–Crippen MR) is 136 cm³/mol. The number of imidazole rings is 1. The Labute approximate surface area is 211 Å². The molecule has 0 saturated heterocycles. The number of aromatic nitrogens is 2. The maximum absolute atomic E-state index is 13.6. The molecule has 0 saturated carbocycles. The summed E-state index contributed by atoms with van der Waals surface area (Å²) in [6, 6.07) is 25.8. The van der Waals surface area contributed by atoms with Gasteiger partial charge in [-0.3, -0.25) is 0 Å². The van der Waals surface area contributed by atoms with Gasteiger partial charge in [-0.2, -0.15) is 0 Å². The molecule has 0 atom stereocenters. The fourth-order valence-corrected chi connectivity index (χ4v) is 3.92. The van der Waals surface area contributed by atoms with Crippen LogP contribution < -0.4 is 0 Å². The lowest BCUT2D eigenvalue weighted by Crippen LogP contribution is -2.07. The van der Waals surface area contributed by atoms with Gasteiger partial charge in [-0.25, -0.2) is 18.6 Å². The number of esters is 1. The Morgan fingerprint density at radius 3 is 2.11 bits per heavy atom. The van der Waals surface area contributed by atoms with E-state index in [9.17, 15) is 13.6 Å². The summed E-state index contributed by atoms with van der Waals surface area (Å²) in [5.41, 5.74) is 3.32. The average Bonchev–Trinajstić information content (AvgIpc) is 3.22. The number of benzene rings is 4. The monoisotopic (exact) mass is 500 g/mol. The van der Waals surface area contributed by atoms with Crippen molar-refractivity contribution in [3.8, 4) is 0 Å². The molecule has 0 spiro atoms. The number of halogens is 3. The van der Waals surface area contributed by atoms with Gasteiger partial charge in [-0.1, -0.05) is 35.9 Å². The lowest BCUT2D eigenvalue weighted by Gasteiger charge is -2.12. The lowest BCUT2D eigenvalue weighted by atomic mass is 10.1. The minimum Gasteiger partial charge on any atom is -0.422 e. The highest BCUT2D eigenvalue weighted by Crippen LogP contribution is 2.25. The molecule has 178 valence electrons. The highest BCUT2D eigenvalue weighted by atomic mass is 35.5. The maximum Gasteiger partial charge on any atom is 0.343 e. The highest BCUT2D eigenvalue weighted by molar-refractivity contribution is 6.30. The lowest BCUT2D eigenvalue weighted by molar-refractivity contribution is 0.0693. The van der Waals surface area contributed by atoms with E-state index in [4.69, 9.17) is 21.3 Å². The van der Waals surface area contributed by atoms with Crippen LogP contribution in [0.3, 0.4) is 0 Å². The number of hydrogen-bond donors (Lipinski definition) is 0. The van der Waals surface area contributed by atoms with Crippen molar-refractivity contribution in [1.82, 2.24) is 9.55 Å². The van der Waals surface area contributed by atoms with Crippen molar-refractivity contribution in [3.05, 3.63) is 136 Å². The molecule has 0 amide bonds. The van der Waals surface area contributed by atoms with Crippen molar-refractivity contribution < 1.29 is 18.3 Å². The summed E-state index contributed by atoms with van der Waals surface area (Å²) in [6.45, 7) is 0.492. The van der Waals surface area contributed by atoms with Gasteiger partial charge in [0.05, 0.1) is 16.6 Å². The molecule has 5 rings (SSSR count). The van der Waals surface area contributed by atoms with Gasteiger partial charge in [0.15, 0.2) is 0 Å². The van der Waals surface area contributed by atoms with Crippen molar-refractivity contribution in [2.24, 2.45) is 0 Å². The Hall–Kier alpha value is -4.29. The van der Waals surface area contributed by atoms with E-state index in [2.05, 4.69) is 0 Å². The first-order valence-corrected chi connectivity index (χ1v) is 11.5. The fraction of sp³-hybridized carbons (Fsp3) is 0.0345. The molecule has 4 nitrogen and oxygen atoms in total. The zero-order chi connectivity index (χ0) is 25.1. The van der Waals surface area contributed by atoms with Crippen molar-refractivity contribution >= 4 is 40.4 Å². The molecule has 0 radical (unpaired) electrons. The van der Waals surface area contributed by atoms with Crippen LogP contribution in [-0.4, -0.2) is 15.5 Å². The van der Waals surface area contributed by atoms with E-state index in [1.54, 1.807) is 6.08 Å². The zero-order valence-electron chi connectivity index (χ0n) is 18.9. The van der Waals surface area contributed by atoms with Gasteiger partial charge in [0, 0.05) is 23.2 Å². The van der Waals surface area contributed by atoms with Crippen LogP contribution in [0.5, 0.6) is 0 Å². The van der Waals surface area contributed by atoms with Crippen LogP contribution in [0.1, 0.15) is 27.3 Å². The van der Waals surface area contributed by atoms with Crippen molar-refractivity contribution in [3.63, 3.8) is 0 Å². The minimum absolute atomic E-state index is 0.178. The smallest absolute Gasteiger partial charge is 0.343 e. The molecule has 36 heavy (non-hydrogen) atoms. The summed E-state index contributed by atoms with van der Waals surface area (Å²) < 4.78 is 34.7. The second kappa shape index (κ2) is 10.1. The van der Waals surface area contributed by atoms with E-state index in [1.165, 1.54) is 48.5 Å². The number of rotatable bonds is 6. The molecule has 0 bridgehead atoms. The second-order valence-electron chi connectivity index (χ2n) is 8.08. The number of carbonyl (C=O) groups excluding carboxylic acids is 1. The molecule has 4 aromatic carbocycles. The molecule has 0 aliphatic carbocycles. The molecule has 1 aromatic heterocycles. The summed E-state index contributed by atoms with van der Waals surface area (Å²) in [5, 5.41) is 0.640. The first kappa shape index (κ1) is 23.5. The van der Waals surface area contributed by atoms with Gasteiger partial charge in [0.25, 0.3) is 0 Å². The van der Waals surface area contributed by atoms with Crippen LogP contribution >= 0.6 is 11.6 Å². The van der Waals surface area contributed by atoms with Gasteiger partial charge < -0.3 is 9.30 Å². The SMILES string of the molecule is O=C(O/C(=C/c1nc2ccccc2n1Cc1ccc(Cl)cc1)c1ccc(F)cc1)c1ccc(F)cc1. The second-order valence-corrected chi connectivity index (χ2v) is 8.52. The van der Waals surface area contributed by atoms with Crippen molar-refractivity contribution in [1.29, 1.82) is 0 Å². The Morgan fingerprint density at radius 2 is 1.44 bits per heavy atom. The number of fused-ring (bicyclic) bond motifs is 1. The summed E-state index contributed by atoms with van der Waals surface area (Å²) in [4.78, 5) is 17.6. The van der Waals surface area contributed by atoms with E-state index in [1.807, 2.05) is 53.1 Å². The third-order valence-corrected chi connectivity index (χ3v) is 5.86. The number of carbonyl (C=O) groups is 1. The van der Waals surface area contributed by atoms with E-state index in [-0.39, 0.29) is 11.3 Å². The van der Waals surface area contributed by atoms with Crippen LogP contribution in [-0.2, 0) is 11.3 Å². The van der Waals surface area contributed by atoms with Crippen LogP contribution in [0, 0.1) is 11.6 Å². The Balaban J connectivity index is 1.60. The van der Waals surface area contributed by atoms with Gasteiger partial charge in [-0.05, 0) is 78.4 Å². The van der Waals surface area contributed by atoms with Gasteiger partial charge in [-0.15, -0.1) is 0 Å². The number of hydrogen-bond acceptors (Lipinski definition) is 3. The normalized spacial score (nSPS) is 11.6. The Bertz CT molecular complexity index is 1560. The number of ether oxygens (including phenoxy) is 1. The van der Waals surface area contributed by atoms with E-state index < -0.39 is 17.6 Å². The molecule has 0 aliphatic heterocycles. The van der Waals surface area contributed by atoms with Crippen LogP contribution in [0.25, 0.3) is 22.9 Å². The van der Waals surface area contributed by atoms with Crippen molar-refractivity contribution in [2.75, 3.05) is 0 Å².